The Hall–Kier alpha value is -0.940. The van der Waals surface area contributed by atoms with Crippen molar-refractivity contribution in [3.63, 3.8) is 0 Å². The molecule has 1 unspecified atom stereocenters. The normalized spacial score (nSPS) is 13.1. The standard InChI is InChI=1S/C10H16N2O2S/c1-4-6-8(10(13)14)15-9(12-6)7(11)5(2)3/h5,7H,4,11H2,1-3H3,(H,13,14). The highest BCUT2D eigenvalue weighted by Gasteiger charge is 2.21. The maximum absolute atomic E-state index is 10.9. The SMILES string of the molecule is CCc1nc(C(N)C(C)C)sc1C(=O)O. The van der Waals surface area contributed by atoms with Gasteiger partial charge >= 0.3 is 5.97 Å². The van der Waals surface area contributed by atoms with Gasteiger partial charge in [-0.05, 0) is 12.3 Å². The third kappa shape index (κ3) is 2.54. The molecule has 5 heteroatoms. The molecule has 0 saturated heterocycles. The Balaban J connectivity index is 3.07. The van der Waals surface area contributed by atoms with E-state index in [9.17, 15) is 4.79 Å². The van der Waals surface area contributed by atoms with E-state index in [0.29, 0.717) is 17.0 Å². The highest BCUT2D eigenvalue weighted by Crippen LogP contribution is 2.27. The lowest BCUT2D eigenvalue weighted by Crippen LogP contribution is -2.16. The van der Waals surface area contributed by atoms with Crippen LogP contribution in [0.15, 0.2) is 0 Å². The highest BCUT2D eigenvalue weighted by atomic mass is 32.1. The first-order valence-corrected chi connectivity index (χ1v) is 5.77. The molecule has 0 aliphatic heterocycles. The van der Waals surface area contributed by atoms with Crippen molar-refractivity contribution in [2.45, 2.75) is 33.2 Å². The Morgan fingerprint density at radius 3 is 2.53 bits per heavy atom. The molecule has 0 aliphatic rings. The predicted molar refractivity (Wildman–Crippen MR) is 60.2 cm³/mol. The summed E-state index contributed by atoms with van der Waals surface area (Å²) in [6.07, 6.45) is 0.628. The van der Waals surface area contributed by atoms with E-state index >= 15 is 0 Å². The summed E-state index contributed by atoms with van der Waals surface area (Å²) < 4.78 is 0. The summed E-state index contributed by atoms with van der Waals surface area (Å²) in [7, 11) is 0. The van der Waals surface area contributed by atoms with Gasteiger partial charge in [-0.15, -0.1) is 11.3 Å². The Morgan fingerprint density at radius 1 is 1.60 bits per heavy atom. The molecule has 15 heavy (non-hydrogen) atoms. The van der Waals surface area contributed by atoms with Gasteiger partial charge in [-0.3, -0.25) is 0 Å². The lowest BCUT2D eigenvalue weighted by molar-refractivity contribution is 0.0701. The summed E-state index contributed by atoms with van der Waals surface area (Å²) in [5.41, 5.74) is 6.57. The van der Waals surface area contributed by atoms with Crippen molar-refractivity contribution in [2.24, 2.45) is 11.7 Å². The van der Waals surface area contributed by atoms with Gasteiger partial charge in [0.15, 0.2) is 0 Å². The molecule has 0 amide bonds. The zero-order chi connectivity index (χ0) is 11.6. The zero-order valence-corrected chi connectivity index (χ0v) is 9.97. The molecule has 1 aromatic heterocycles. The maximum Gasteiger partial charge on any atom is 0.347 e. The molecular weight excluding hydrogens is 212 g/mol. The quantitative estimate of drug-likeness (QED) is 0.827. The van der Waals surface area contributed by atoms with Crippen molar-refractivity contribution in [2.75, 3.05) is 0 Å². The number of carboxylic acids is 1. The van der Waals surface area contributed by atoms with Crippen LogP contribution < -0.4 is 5.73 Å². The summed E-state index contributed by atoms with van der Waals surface area (Å²) in [6, 6.07) is -0.173. The number of aromatic nitrogens is 1. The van der Waals surface area contributed by atoms with Crippen molar-refractivity contribution < 1.29 is 9.90 Å². The first kappa shape index (κ1) is 12.1. The van der Waals surface area contributed by atoms with E-state index in [-0.39, 0.29) is 12.0 Å². The van der Waals surface area contributed by atoms with E-state index in [4.69, 9.17) is 10.8 Å². The number of aromatic carboxylic acids is 1. The summed E-state index contributed by atoms with van der Waals surface area (Å²) in [6.45, 7) is 5.89. The van der Waals surface area contributed by atoms with Crippen LogP contribution >= 0.6 is 11.3 Å². The summed E-state index contributed by atoms with van der Waals surface area (Å²) in [4.78, 5) is 15.5. The number of hydrogen-bond donors (Lipinski definition) is 2. The lowest BCUT2D eigenvalue weighted by Gasteiger charge is -2.11. The Morgan fingerprint density at radius 2 is 2.20 bits per heavy atom. The van der Waals surface area contributed by atoms with Gasteiger partial charge in [0.25, 0.3) is 0 Å². The molecule has 3 N–H and O–H groups in total. The molecule has 4 nitrogen and oxygen atoms in total. The van der Waals surface area contributed by atoms with Crippen LogP contribution in [0.25, 0.3) is 0 Å². The van der Waals surface area contributed by atoms with Gasteiger partial charge in [0.2, 0.25) is 0 Å². The van der Waals surface area contributed by atoms with Crippen LogP contribution in [0.4, 0.5) is 0 Å². The molecule has 0 spiro atoms. The van der Waals surface area contributed by atoms with E-state index < -0.39 is 5.97 Å². The molecule has 0 aromatic carbocycles. The van der Waals surface area contributed by atoms with Crippen molar-refractivity contribution in [1.82, 2.24) is 4.98 Å². The van der Waals surface area contributed by atoms with Crippen molar-refractivity contribution in [1.29, 1.82) is 0 Å². The van der Waals surface area contributed by atoms with E-state index in [1.165, 1.54) is 11.3 Å². The van der Waals surface area contributed by atoms with Gasteiger partial charge in [0.1, 0.15) is 9.88 Å². The molecule has 0 radical (unpaired) electrons. The van der Waals surface area contributed by atoms with Crippen LogP contribution in [0, 0.1) is 5.92 Å². The fourth-order valence-corrected chi connectivity index (χ4v) is 2.37. The van der Waals surface area contributed by atoms with Crippen molar-refractivity contribution in [3.8, 4) is 0 Å². The first-order chi connectivity index (χ1) is 6.97. The second kappa shape index (κ2) is 4.72. The third-order valence-corrected chi connectivity index (χ3v) is 3.43. The molecule has 1 heterocycles. The number of hydrogen-bond acceptors (Lipinski definition) is 4. The highest BCUT2D eigenvalue weighted by molar-refractivity contribution is 7.13. The first-order valence-electron chi connectivity index (χ1n) is 4.95. The van der Waals surface area contributed by atoms with Crippen LogP contribution in [0.5, 0.6) is 0 Å². The van der Waals surface area contributed by atoms with E-state index in [0.717, 1.165) is 5.01 Å². The average molecular weight is 228 g/mol. The van der Waals surface area contributed by atoms with Crippen molar-refractivity contribution in [3.05, 3.63) is 15.6 Å². The second-order valence-electron chi connectivity index (χ2n) is 3.76. The number of carboxylic acid groups (broad SMARTS) is 1. The molecule has 0 fully saturated rings. The maximum atomic E-state index is 10.9. The number of aryl methyl sites for hydroxylation is 1. The minimum absolute atomic E-state index is 0.173. The van der Waals surface area contributed by atoms with Gasteiger partial charge in [-0.25, -0.2) is 9.78 Å². The smallest absolute Gasteiger partial charge is 0.347 e. The summed E-state index contributed by atoms with van der Waals surface area (Å²) >= 11 is 1.19. The van der Waals surface area contributed by atoms with Crippen LogP contribution in [-0.4, -0.2) is 16.1 Å². The predicted octanol–water partition coefficient (Wildman–Crippen LogP) is 2.06. The molecule has 84 valence electrons. The molecule has 1 atom stereocenters. The zero-order valence-electron chi connectivity index (χ0n) is 9.15. The minimum Gasteiger partial charge on any atom is -0.477 e. The fourth-order valence-electron chi connectivity index (χ4n) is 1.20. The summed E-state index contributed by atoms with van der Waals surface area (Å²) in [5, 5.41) is 9.68. The van der Waals surface area contributed by atoms with E-state index in [2.05, 4.69) is 4.98 Å². The Labute approximate surface area is 93.1 Å². The average Bonchev–Trinajstić information content (AvgIpc) is 2.59. The number of carbonyl (C=O) groups is 1. The molecule has 1 rings (SSSR count). The lowest BCUT2D eigenvalue weighted by atomic mass is 10.1. The Bertz CT molecular complexity index is 360. The van der Waals surface area contributed by atoms with Gasteiger partial charge in [0, 0.05) is 0 Å². The van der Waals surface area contributed by atoms with Crippen LogP contribution in [0.1, 0.15) is 47.2 Å². The largest absolute Gasteiger partial charge is 0.477 e. The monoisotopic (exact) mass is 228 g/mol. The summed E-state index contributed by atoms with van der Waals surface area (Å²) in [5.74, 6) is -0.644. The van der Waals surface area contributed by atoms with Gasteiger partial charge < -0.3 is 10.8 Å². The Kier molecular flexibility index (Phi) is 3.82. The second-order valence-corrected chi connectivity index (χ2v) is 4.79. The number of nitrogens with zero attached hydrogens (tertiary/aromatic N) is 1. The molecule has 0 aliphatic carbocycles. The molecule has 0 saturated carbocycles. The van der Waals surface area contributed by atoms with Gasteiger partial charge in [-0.1, -0.05) is 20.8 Å². The van der Waals surface area contributed by atoms with Gasteiger partial charge in [-0.2, -0.15) is 0 Å². The van der Waals surface area contributed by atoms with E-state index in [1.54, 1.807) is 0 Å². The molecule has 1 aromatic rings. The number of rotatable bonds is 4. The fraction of sp³-hybridized carbons (Fsp3) is 0.600. The minimum atomic E-state index is -0.911. The molecule has 0 bridgehead atoms. The van der Waals surface area contributed by atoms with Crippen molar-refractivity contribution >= 4 is 17.3 Å². The van der Waals surface area contributed by atoms with Crippen LogP contribution in [0.2, 0.25) is 0 Å². The molecular formula is C10H16N2O2S. The van der Waals surface area contributed by atoms with Gasteiger partial charge in [0.05, 0.1) is 11.7 Å². The van der Waals surface area contributed by atoms with Crippen LogP contribution in [-0.2, 0) is 6.42 Å². The topological polar surface area (TPSA) is 76.2 Å². The van der Waals surface area contributed by atoms with Crippen LogP contribution in [0.3, 0.4) is 0 Å². The number of nitrogens with two attached hydrogens (primary N) is 1. The number of thiazole rings is 1. The third-order valence-electron chi connectivity index (χ3n) is 2.25. The van der Waals surface area contributed by atoms with E-state index in [1.807, 2.05) is 20.8 Å².